The summed E-state index contributed by atoms with van der Waals surface area (Å²) in [4.78, 5) is 0. The van der Waals surface area contributed by atoms with Crippen LogP contribution >= 0.6 is 0 Å². The van der Waals surface area contributed by atoms with Crippen LogP contribution in [0.3, 0.4) is 0 Å². The molecule has 21 heavy (non-hydrogen) atoms. The summed E-state index contributed by atoms with van der Waals surface area (Å²) in [5.74, 6) is 0.535. The van der Waals surface area contributed by atoms with E-state index in [-0.39, 0.29) is 0 Å². The SMILES string of the molecule is CC1=C(C)C(C)C(c2ccc(-c3ccccc3)cc2)=C1C. The molecule has 0 heteroatoms. The normalized spacial score (nSPS) is 18.6. The molecular formula is C21H22. The van der Waals surface area contributed by atoms with Gasteiger partial charge in [-0.25, -0.2) is 0 Å². The third-order valence-electron chi connectivity index (χ3n) is 4.94. The molecule has 2 aromatic carbocycles. The van der Waals surface area contributed by atoms with Crippen LogP contribution in [0, 0.1) is 5.92 Å². The molecule has 0 amide bonds. The fourth-order valence-electron chi connectivity index (χ4n) is 3.30. The highest BCUT2D eigenvalue weighted by atomic mass is 14.3. The van der Waals surface area contributed by atoms with Gasteiger partial charge in [0.1, 0.15) is 0 Å². The molecule has 3 rings (SSSR count). The van der Waals surface area contributed by atoms with Crippen molar-refractivity contribution in [3.8, 4) is 11.1 Å². The summed E-state index contributed by atoms with van der Waals surface area (Å²) in [5, 5.41) is 0. The summed E-state index contributed by atoms with van der Waals surface area (Å²) in [7, 11) is 0. The minimum absolute atomic E-state index is 0.535. The largest absolute Gasteiger partial charge is 0.0629 e. The van der Waals surface area contributed by atoms with E-state index < -0.39 is 0 Å². The van der Waals surface area contributed by atoms with E-state index in [2.05, 4.69) is 82.3 Å². The molecule has 106 valence electrons. The second-order valence-electron chi connectivity index (χ2n) is 6.01. The zero-order valence-electron chi connectivity index (χ0n) is 13.3. The molecule has 1 aliphatic rings. The van der Waals surface area contributed by atoms with Gasteiger partial charge in [0.2, 0.25) is 0 Å². The predicted octanol–water partition coefficient (Wildman–Crippen LogP) is 6.11. The van der Waals surface area contributed by atoms with Gasteiger partial charge in [0.15, 0.2) is 0 Å². The highest BCUT2D eigenvalue weighted by Crippen LogP contribution is 2.42. The summed E-state index contributed by atoms with van der Waals surface area (Å²) in [5.41, 5.74) is 9.83. The van der Waals surface area contributed by atoms with E-state index in [1.54, 1.807) is 0 Å². The first kappa shape index (κ1) is 13.9. The molecule has 0 radical (unpaired) electrons. The molecule has 1 atom stereocenters. The second kappa shape index (κ2) is 5.37. The van der Waals surface area contributed by atoms with E-state index >= 15 is 0 Å². The van der Waals surface area contributed by atoms with E-state index in [0.717, 1.165) is 0 Å². The van der Waals surface area contributed by atoms with Gasteiger partial charge in [0, 0.05) is 5.92 Å². The predicted molar refractivity (Wildman–Crippen MR) is 92.0 cm³/mol. The van der Waals surface area contributed by atoms with Crippen molar-refractivity contribution in [3.05, 3.63) is 76.9 Å². The lowest BCUT2D eigenvalue weighted by molar-refractivity contribution is 0.895. The molecule has 0 saturated heterocycles. The van der Waals surface area contributed by atoms with Gasteiger partial charge in [0.05, 0.1) is 0 Å². The molecule has 0 aromatic heterocycles. The molecule has 0 saturated carbocycles. The first-order valence-electron chi connectivity index (χ1n) is 7.64. The molecule has 0 aliphatic heterocycles. The molecule has 1 aliphatic carbocycles. The molecule has 2 aromatic rings. The van der Waals surface area contributed by atoms with Crippen molar-refractivity contribution >= 4 is 5.57 Å². The zero-order chi connectivity index (χ0) is 15.0. The molecule has 0 bridgehead atoms. The maximum Gasteiger partial charge on any atom is 0.00315 e. The molecule has 0 spiro atoms. The van der Waals surface area contributed by atoms with Crippen LogP contribution in [0.15, 0.2) is 71.3 Å². The summed E-state index contributed by atoms with van der Waals surface area (Å²) in [6.07, 6.45) is 0. The van der Waals surface area contributed by atoms with Crippen LogP contribution in [0.25, 0.3) is 16.7 Å². The lowest BCUT2D eigenvalue weighted by Crippen LogP contribution is -1.96. The van der Waals surface area contributed by atoms with Crippen molar-refractivity contribution in [1.29, 1.82) is 0 Å². The van der Waals surface area contributed by atoms with Gasteiger partial charge in [-0.2, -0.15) is 0 Å². The van der Waals surface area contributed by atoms with Crippen LogP contribution < -0.4 is 0 Å². The average molecular weight is 274 g/mol. The third kappa shape index (κ3) is 2.35. The first-order chi connectivity index (χ1) is 10.1. The van der Waals surface area contributed by atoms with Crippen LogP contribution in [-0.4, -0.2) is 0 Å². The van der Waals surface area contributed by atoms with Crippen molar-refractivity contribution in [2.24, 2.45) is 5.92 Å². The summed E-state index contributed by atoms with van der Waals surface area (Å²) >= 11 is 0. The summed E-state index contributed by atoms with van der Waals surface area (Å²) in [6.45, 7) is 9.07. The Morgan fingerprint density at radius 3 is 1.67 bits per heavy atom. The molecule has 1 unspecified atom stereocenters. The van der Waals surface area contributed by atoms with Gasteiger partial charge in [-0.05, 0) is 54.2 Å². The highest BCUT2D eigenvalue weighted by Gasteiger charge is 2.24. The Kier molecular flexibility index (Phi) is 3.55. The first-order valence-corrected chi connectivity index (χ1v) is 7.64. The van der Waals surface area contributed by atoms with E-state index in [4.69, 9.17) is 0 Å². The van der Waals surface area contributed by atoms with Gasteiger partial charge in [-0.3, -0.25) is 0 Å². The number of allylic oxidation sites excluding steroid dienone is 4. The van der Waals surface area contributed by atoms with Gasteiger partial charge >= 0.3 is 0 Å². The van der Waals surface area contributed by atoms with Crippen molar-refractivity contribution < 1.29 is 0 Å². The van der Waals surface area contributed by atoms with Crippen LogP contribution in [0.2, 0.25) is 0 Å². The maximum absolute atomic E-state index is 2.32. The topological polar surface area (TPSA) is 0 Å². The Morgan fingerprint density at radius 1 is 0.619 bits per heavy atom. The Balaban J connectivity index is 1.97. The summed E-state index contributed by atoms with van der Waals surface area (Å²) < 4.78 is 0. The third-order valence-corrected chi connectivity index (χ3v) is 4.94. The van der Waals surface area contributed by atoms with Gasteiger partial charge in [-0.15, -0.1) is 0 Å². The van der Waals surface area contributed by atoms with E-state index in [1.165, 1.54) is 39.0 Å². The van der Waals surface area contributed by atoms with Gasteiger partial charge in [-0.1, -0.05) is 67.1 Å². The summed E-state index contributed by atoms with van der Waals surface area (Å²) in [6, 6.07) is 19.6. The van der Waals surface area contributed by atoms with Gasteiger partial charge < -0.3 is 0 Å². The Morgan fingerprint density at radius 2 is 1.14 bits per heavy atom. The van der Waals surface area contributed by atoms with E-state index in [1.807, 2.05) is 0 Å². The van der Waals surface area contributed by atoms with Crippen molar-refractivity contribution in [2.75, 3.05) is 0 Å². The lowest BCUT2D eigenvalue weighted by atomic mass is 9.91. The fourth-order valence-corrected chi connectivity index (χ4v) is 3.30. The number of benzene rings is 2. The Hall–Kier alpha value is -2.08. The zero-order valence-corrected chi connectivity index (χ0v) is 13.3. The van der Waals surface area contributed by atoms with E-state index in [9.17, 15) is 0 Å². The van der Waals surface area contributed by atoms with Crippen molar-refractivity contribution in [2.45, 2.75) is 27.7 Å². The smallest absolute Gasteiger partial charge is 0.00315 e. The Bertz CT molecular complexity index is 712. The minimum Gasteiger partial charge on any atom is -0.0629 e. The molecular weight excluding hydrogens is 252 g/mol. The molecule has 0 heterocycles. The van der Waals surface area contributed by atoms with E-state index in [0.29, 0.717) is 5.92 Å². The van der Waals surface area contributed by atoms with Crippen molar-refractivity contribution in [3.63, 3.8) is 0 Å². The average Bonchev–Trinajstić information content (AvgIpc) is 2.72. The molecule has 0 fully saturated rings. The van der Waals surface area contributed by atoms with Crippen LogP contribution in [0.5, 0.6) is 0 Å². The van der Waals surface area contributed by atoms with Crippen molar-refractivity contribution in [1.82, 2.24) is 0 Å². The number of rotatable bonds is 2. The maximum atomic E-state index is 2.32. The molecule has 0 N–H and O–H groups in total. The Labute approximate surface area is 127 Å². The van der Waals surface area contributed by atoms with Crippen LogP contribution in [-0.2, 0) is 0 Å². The highest BCUT2D eigenvalue weighted by molar-refractivity contribution is 5.80. The fraction of sp³-hybridized carbons (Fsp3) is 0.238. The monoisotopic (exact) mass is 274 g/mol. The second-order valence-corrected chi connectivity index (χ2v) is 6.01. The number of hydrogen-bond donors (Lipinski definition) is 0. The van der Waals surface area contributed by atoms with Gasteiger partial charge in [0.25, 0.3) is 0 Å². The quantitative estimate of drug-likeness (QED) is 0.619. The lowest BCUT2D eigenvalue weighted by Gasteiger charge is -2.14. The van der Waals surface area contributed by atoms with Crippen LogP contribution in [0.4, 0.5) is 0 Å². The molecule has 0 nitrogen and oxygen atoms in total. The number of hydrogen-bond acceptors (Lipinski definition) is 0. The minimum atomic E-state index is 0.535. The standard InChI is InChI=1S/C21H22/c1-14-15(2)17(4)21(16(14)3)20-12-10-19(11-13-20)18-8-6-5-7-9-18/h5-13,16H,1-4H3. The van der Waals surface area contributed by atoms with Crippen LogP contribution in [0.1, 0.15) is 33.3 Å².